The summed E-state index contributed by atoms with van der Waals surface area (Å²) in [7, 11) is 0. The van der Waals surface area contributed by atoms with Crippen LogP contribution >= 0.6 is 0 Å². The molecule has 0 bridgehead atoms. The molecule has 0 aromatic heterocycles. The second-order valence-corrected chi connectivity index (χ2v) is 6.32. The van der Waals surface area contributed by atoms with Crippen molar-refractivity contribution in [1.29, 1.82) is 5.26 Å². The first-order chi connectivity index (χ1) is 12.4. The lowest BCUT2D eigenvalue weighted by Crippen LogP contribution is -2.35. The summed E-state index contributed by atoms with van der Waals surface area (Å²) < 4.78 is 0. The second kappa shape index (κ2) is 6.81. The smallest absolute Gasteiger partial charge is 0.240 e. The summed E-state index contributed by atoms with van der Waals surface area (Å²) in [6, 6.07) is 15.1. The van der Waals surface area contributed by atoms with Crippen molar-refractivity contribution < 1.29 is 14.4 Å². The lowest BCUT2D eigenvalue weighted by Gasteiger charge is -2.15. The third kappa shape index (κ3) is 3.47. The summed E-state index contributed by atoms with van der Waals surface area (Å²) in [5, 5.41) is 14.4. The number of amides is 2. The van der Waals surface area contributed by atoms with E-state index in [1.165, 1.54) is 6.92 Å². The highest BCUT2D eigenvalue weighted by molar-refractivity contribution is 6.17. The Labute approximate surface area is 150 Å². The second-order valence-electron chi connectivity index (χ2n) is 6.32. The first-order valence-electron chi connectivity index (χ1n) is 8.19. The summed E-state index contributed by atoms with van der Waals surface area (Å²) in [6.07, 6.45) is 0.933. The number of carbonyl (C=O) groups excluding carboxylic acids is 3. The summed E-state index contributed by atoms with van der Waals surface area (Å²) in [4.78, 5) is 36.4. The van der Waals surface area contributed by atoms with Crippen molar-refractivity contribution in [1.82, 2.24) is 0 Å². The molecule has 1 fully saturated rings. The van der Waals surface area contributed by atoms with Gasteiger partial charge in [-0.15, -0.1) is 0 Å². The summed E-state index contributed by atoms with van der Waals surface area (Å²) in [5.74, 6) is -0.812. The fraction of sp³-hybridized carbons (Fsp3) is 0.200. The monoisotopic (exact) mass is 347 g/mol. The largest absolute Gasteiger partial charge is 0.325 e. The maximum absolute atomic E-state index is 12.6. The minimum absolute atomic E-state index is 0.0551. The van der Waals surface area contributed by atoms with Crippen molar-refractivity contribution in [3.63, 3.8) is 0 Å². The number of benzene rings is 2. The molecule has 3 rings (SSSR count). The number of carbonyl (C=O) groups is 3. The number of ketones is 1. The third-order valence-electron chi connectivity index (χ3n) is 4.42. The molecule has 0 saturated heterocycles. The number of nitriles is 1. The Morgan fingerprint density at radius 2 is 1.58 bits per heavy atom. The fourth-order valence-corrected chi connectivity index (χ4v) is 2.64. The first-order valence-corrected chi connectivity index (χ1v) is 8.19. The Kier molecular flexibility index (Phi) is 4.55. The number of Topliss-reactive ketones (excluding diaryl/α,β-unsaturated/α-hetero) is 1. The van der Waals surface area contributed by atoms with Gasteiger partial charge in [0.05, 0.1) is 11.6 Å². The minimum Gasteiger partial charge on any atom is -0.325 e. The number of hydrogen-bond acceptors (Lipinski definition) is 4. The molecule has 2 aromatic carbocycles. The van der Waals surface area contributed by atoms with E-state index in [0.717, 1.165) is 0 Å². The molecule has 0 atom stereocenters. The fourth-order valence-electron chi connectivity index (χ4n) is 2.64. The predicted octanol–water partition coefficient (Wildman–Crippen LogP) is 3.12. The normalized spacial score (nSPS) is 14.0. The Morgan fingerprint density at radius 3 is 2.12 bits per heavy atom. The molecular weight excluding hydrogens is 330 g/mol. The zero-order chi connectivity index (χ0) is 18.7. The van der Waals surface area contributed by atoms with Gasteiger partial charge in [-0.3, -0.25) is 14.4 Å². The first kappa shape index (κ1) is 17.4. The lowest BCUT2D eigenvalue weighted by molar-refractivity contribution is -0.131. The average Bonchev–Trinajstić information content (AvgIpc) is 3.44. The van der Waals surface area contributed by atoms with E-state index in [1.807, 2.05) is 6.07 Å². The molecule has 2 aromatic rings. The van der Waals surface area contributed by atoms with Crippen LogP contribution in [0.3, 0.4) is 0 Å². The van der Waals surface area contributed by atoms with Gasteiger partial charge >= 0.3 is 0 Å². The van der Waals surface area contributed by atoms with Crippen molar-refractivity contribution >= 4 is 29.0 Å². The van der Waals surface area contributed by atoms with Gasteiger partial charge in [-0.05, 0) is 62.2 Å². The number of nitrogens with one attached hydrogen (secondary N) is 2. The highest BCUT2D eigenvalue weighted by atomic mass is 16.2. The van der Waals surface area contributed by atoms with E-state index in [2.05, 4.69) is 10.6 Å². The summed E-state index contributed by atoms with van der Waals surface area (Å²) in [6.45, 7) is 1.47. The molecule has 6 heteroatoms. The molecule has 1 aliphatic rings. The quantitative estimate of drug-likeness (QED) is 0.641. The van der Waals surface area contributed by atoms with Crippen molar-refractivity contribution in [2.45, 2.75) is 19.8 Å². The van der Waals surface area contributed by atoms with Crippen LogP contribution in [0.1, 0.15) is 35.7 Å². The molecule has 1 aliphatic carbocycles. The Bertz CT molecular complexity index is 922. The molecule has 0 heterocycles. The van der Waals surface area contributed by atoms with E-state index in [4.69, 9.17) is 5.26 Å². The van der Waals surface area contributed by atoms with Gasteiger partial charge in [-0.1, -0.05) is 6.07 Å². The number of anilines is 2. The molecular formula is C20H17N3O3. The topological polar surface area (TPSA) is 99.1 Å². The highest BCUT2D eigenvalue weighted by Crippen LogP contribution is 2.47. The Morgan fingerprint density at radius 1 is 0.962 bits per heavy atom. The van der Waals surface area contributed by atoms with E-state index < -0.39 is 5.41 Å². The summed E-state index contributed by atoms with van der Waals surface area (Å²) >= 11 is 0. The molecule has 0 spiro atoms. The molecule has 6 nitrogen and oxygen atoms in total. The van der Waals surface area contributed by atoms with Gasteiger partial charge in [-0.25, -0.2) is 0 Å². The van der Waals surface area contributed by atoms with Gasteiger partial charge in [0.15, 0.2) is 5.78 Å². The zero-order valence-electron chi connectivity index (χ0n) is 14.2. The minimum atomic E-state index is -1.10. The maximum atomic E-state index is 12.6. The zero-order valence-corrected chi connectivity index (χ0v) is 14.2. The standard InChI is InChI=1S/C20H17N3O3/c1-13(24)15-5-7-16(8-6-15)22-18(25)20(9-10-20)19(26)23-17-4-2-3-14(11-17)12-21/h2-8,11H,9-10H2,1H3,(H,22,25)(H,23,26). The molecule has 0 aliphatic heterocycles. The van der Waals surface area contributed by atoms with Gasteiger partial charge in [0.1, 0.15) is 5.41 Å². The number of hydrogen-bond donors (Lipinski definition) is 2. The number of rotatable bonds is 5. The molecule has 0 unspecified atom stereocenters. The van der Waals surface area contributed by atoms with Crippen molar-refractivity contribution in [3.05, 3.63) is 59.7 Å². The highest BCUT2D eigenvalue weighted by Gasteiger charge is 2.56. The molecule has 1 saturated carbocycles. The van der Waals surface area contributed by atoms with Gasteiger partial charge in [0.2, 0.25) is 11.8 Å². The molecule has 26 heavy (non-hydrogen) atoms. The van der Waals surface area contributed by atoms with E-state index in [0.29, 0.717) is 35.3 Å². The van der Waals surface area contributed by atoms with Crippen LogP contribution in [-0.2, 0) is 9.59 Å². The van der Waals surface area contributed by atoms with Crippen LogP contribution in [0.5, 0.6) is 0 Å². The predicted molar refractivity (Wildman–Crippen MR) is 96.5 cm³/mol. The van der Waals surface area contributed by atoms with Gasteiger partial charge < -0.3 is 10.6 Å². The SMILES string of the molecule is CC(=O)c1ccc(NC(=O)C2(C(=O)Nc3cccc(C#N)c3)CC2)cc1. The number of nitrogens with zero attached hydrogens (tertiary/aromatic N) is 1. The lowest BCUT2D eigenvalue weighted by atomic mass is 10.0. The average molecular weight is 347 g/mol. The molecule has 2 N–H and O–H groups in total. The van der Waals surface area contributed by atoms with E-state index in [-0.39, 0.29) is 17.6 Å². The van der Waals surface area contributed by atoms with Crippen LogP contribution in [0.2, 0.25) is 0 Å². The van der Waals surface area contributed by atoms with Gasteiger partial charge in [0, 0.05) is 16.9 Å². The van der Waals surface area contributed by atoms with Crippen LogP contribution in [0.15, 0.2) is 48.5 Å². The summed E-state index contributed by atoms with van der Waals surface area (Å²) in [5.41, 5.74) is 0.911. The Hall–Kier alpha value is -3.46. The van der Waals surface area contributed by atoms with Crippen molar-refractivity contribution in [2.75, 3.05) is 10.6 Å². The van der Waals surface area contributed by atoms with E-state index >= 15 is 0 Å². The van der Waals surface area contributed by atoms with Gasteiger partial charge in [0.25, 0.3) is 0 Å². The van der Waals surface area contributed by atoms with Crippen LogP contribution in [0.25, 0.3) is 0 Å². The van der Waals surface area contributed by atoms with E-state index in [1.54, 1.807) is 48.5 Å². The maximum Gasteiger partial charge on any atom is 0.240 e. The molecule has 0 radical (unpaired) electrons. The van der Waals surface area contributed by atoms with E-state index in [9.17, 15) is 14.4 Å². The van der Waals surface area contributed by atoms with Crippen molar-refractivity contribution in [2.24, 2.45) is 5.41 Å². The van der Waals surface area contributed by atoms with Crippen LogP contribution in [-0.4, -0.2) is 17.6 Å². The van der Waals surface area contributed by atoms with Crippen LogP contribution < -0.4 is 10.6 Å². The third-order valence-corrected chi connectivity index (χ3v) is 4.42. The van der Waals surface area contributed by atoms with Crippen LogP contribution in [0.4, 0.5) is 11.4 Å². The molecule has 130 valence electrons. The van der Waals surface area contributed by atoms with Crippen LogP contribution in [0, 0.1) is 16.7 Å². The molecule has 2 amide bonds. The van der Waals surface area contributed by atoms with Gasteiger partial charge in [-0.2, -0.15) is 5.26 Å². The Balaban J connectivity index is 1.69. The van der Waals surface area contributed by atoms with Crippen molar-refractivity contribution in [3.8, 4) is 6.07 Å².